The monoisotopic (exact) mass is 314 g/mol. The van der Waals surface area contributed by atoms with Crippen LogP contribution in [0.2, 0.25) is 6.04 Å². The summed E-state index contributed by atoms with van der Waals surface area (Å²) in [5.74, 6) is 0. The first-order valence-corrected chi connectivity index (χ1v) is 8.36. The molecular formula is C12H31ClN2O3Si. The second-order valence-corrected chi connectivity index (χ2v) is 8.68. The fourth-order valence-corrected chi connectivity index (χ4v) is 3.57. The van der Waals surface area contributed by atoms with E-state index < -0.39 is 8.80 Å². The van der Waals surface area contributed by atoms with Crippen molar-refractivity contribution in [2.24, 2.45) is 0 Å². The molecule has 118 valence electrons. The topological polar surface area (TPSA) is 30.9 Å². The van der Waals surface area contributed by atoms with Crippen molar-refractivity contribution in [1.29, 1.82) is 0 Å². The van der Waals surface area contributed by atoms with E-state index in [0.717, 1.165) is 36.6 Å². The van der Waals surface area contributed by atoms with Gasteiger partial charge in [0.15, 0.2) is 0 Å². The lowest BCUT2D eigenvalue weighted by molar-refractivity contribution is -0.889. The van der Waals surface area contributed by atoms with Gasteiger partial charge in [-0.15, -0.1) is 0 Å². The molecule has 0 aliphatic carbocycles. The quantitative estimate of drug-likeness (QED) is 0.341. The molecule has 0 bridgehead atoms. The number of hydrogen-bond acceptors (Lipinski definition) is 4. The Morgan fingerprint density at radius 1 is 0.947 bits per heavy atom. The molecule has 0 amide bonds. The van der Waals surface area contributed by atoms with Crippen LogP contribution >= 0.6 is 0 Å². The number of quaternary nitrogens is 1. The first kappa shape index (κ1) is 21.6. The molecular weight excluding hydrogens is 284 g/mol. The molecule has 0 saturated carbocycles. The number of halogens is 1. The lowest BCUT2D eigenvalue weighted by Crippen LogP contribution is -3.00. The van der Waals surface area contributed by atoms with Crippen LogP contribution in [0.25, 0.3) is 0 Å². The van der Waals surface area contributed by atoms with Crippen LogP contribution in [0.4, 0.5) is 0 Å². The van der Waals surface area contributed by atoms with Gasteiger partial charge in [0.2, 0.25) is 0 Å². The van der Waals surface area contributed by atoms with Gasteiger partial charge in [0.25, 0.3) is 0 Å². The largest absolute Gasteiger partial charge is 1.00 e. The average Bonchev–Trinajstić information content (AvgIpc) is 2.33. The van der Waals surface area contributed by atoms with Crippen molar-refractivity contribution >= 4 is 8.80 Å². The Morgan fingerprint density at radius 2 is 1.42 bits per heavy atom. The minimum absolute atomic E-state index is 0. The van der Waals surface area contributed by atoms with Gasteiger partial charge in [-0.05, 0) is 14.1 Å². The van der Waals surface area contributed by atoms with Gasteiger partial charge in [-0.25, -0.2) is 0 Å². The highest BCUT2D eigenvalue weighted by atomic mass is 35.5. The van der Waals surface area contributed by atoms with Gasteiger partial charge in [0, 0.05) is 40.3 Å². The SMILES string of the molecule is CO[Si](CCC[N+](C)(C)CCN(C)C)(OC)OC.[Cl-]. The molecule has 0 saturated heterocycles. The van der Waals surface area contributed by atoms with Gasteiger partial charge >= 0.3 is 8.80 Å². The van der Waals surface area contributed by atoms with Crippen LogP contribution in [-0.2, 0) is 13.3 Å². The van der Waals surface area contributed by atoms with Gasteiger partial charge in [0.1, 0.15) is 0 Å². The highest BCUT2D eigenvalue weighted by molar-refractivity contribution is 6.60. The summed E-state index contributed by atoms with van der Waals surface area (Å²) in [7, 11) is 11.4. The minimum Gasteiger partial charge on any atom is -1.00 e. The van der Waals surface area contributed by atoms with E-state index in [4.69, 9.17) is 13.3 Å². The smallest absolute Gasteiger partial charge is 0.500 e. The lowest BCUT2D eigenvalue weighted by Gasteiger charge is -2.32. The summed E-state index contributed by atoms with van der Waals surface area (Å²) in [5.41, 5.74) is 0. The van der Waals surface area contributed by atoms with E-state index in [9.17, 15) is 0 Å². The summed E-state index contributed by atoms with van der Waals surface area (Å²) in [4.78, 5) is 2.22. The third kappa shape index (κ3) is 8.96. The molecule has 0 aromatic heterocycles. The van der Waals surface area contributed by atoms with Crippen molar-refractivity contribution in [3.8, 4) is 0 Å². The molecule has 5 nitrogen and oxygen atoms in total. The molecule has 0 aliphatic rings. The van der Waals surface area contributed by atoms with Gasteiger partial charge in [-0.2, -0.15) is 0 Å². The van der Waals surface area contributed by atoms with E-state index in [-0.39, 0.29) is 12.4 Å². The molecule has 0 heterocycles. The molecule has 0 unspecified atom stereocenters. The van der Waals surface area contributed by atoms with E-state index in [1.807, 2.05) is 0 Å². The molecule has 0 aliphatic heterocycles. The summed E-state index contributed by atoms with van der Waals surface area (Å²) in [6.07, 6.45) is 1.06. The predicted molar refractivity (Wildman–Crippen MR) is 76.6 cm³/mol. The molecule has 19 heavy (non-hydrogen) atoms. The lowest BCUT2D eigenvalue weighted by atomic mass is 10.3. The Bertz CT molecular complexity index is 219. The molecule has 0 atom stereocenters. The second kappa shape index (κ2) is 10.1. The number of rotatable bonds is 10. The predicted octanol–water partition coefficient (Wildman–Crippen LogP) is -2.10. The minimum atomic E-state index is -2.38. The maximum Gasteiger partial charge on any atom is 0.500 e. The zero-order chi connectivity index (χ0) is 14.2. The molecule has 0 fully saturated rings. The Kier molecular flexibility index (Phi) is 11.5. The van der Waals surface area contributed by atoms with Crippen molar-refractivity contribution in [2.75, 3.05) is 69.2 Å². The normalized spacial score (nSPS) is 12.6. The molecule has 7 heteroatoms. The van der Waals surface area contributed by atoms with Crippen LogP contribution in [0.15, 0.2) is 0 Å². The fraction of sp³-hybridized carbons (Fsp3) is 1.00. The van der Waals surface area contributed by atoms with Crippen LogP contribution in [0, 0.1) is 0 Å². The second-order valence-electron chi connectivity index (χ2n) is 5.59. The maximum absolute atomic E-state index is 5.43. The third-order valence-electron chi connectivity index (χ3n) is 3.33. The Morgan fingerprint density at radius 3 is 1.79 bits per heavy atom. The highest BCUT2D eigenvalue weighted by Crippen LogP contribution is 2.16. The van der Waals surface area contributed by atoms with Gasteiger partial charge in [0.05, 0.1) is 27.2 Å². The summed E-state index contributed by atoms with van der Waals surface area (Å²) < 4.78 is 17.3. The van der Waals surface area contributed by atoms with E-state index in [1.165, 1.54) is 0 Å². The van der Waals surface area contributed by atoms with E-state index in [2.05, 4.69) is 33.1 Å². The molecule has 0 N–H and O–H groups in total. The molecule has 0 aromatic carbocycles. The fourth-order valence-electron chi connectivity index (χ4n) is 1.86. The first-order valence-electron chi connectivity index (χ1n) is 6.43. The first-order chi connectivity index (χ1) is 8.31. The zero-order valence-electron chi connectivity index (χ0n) is 13.5. The van der Waals surface area contributed by atoms with Crippen LogP contribution in [0.3, 0.4) is 0 Å². The molecule has 0 rings (SSSR count). The van der Waals surface area contributed by atoms with Gasteiger partial charge < -0.3 is 35.1 Å². The van der Waals surface area contributed by atoms with Crippen molar-refractivity contribution < 1.29 is 30.2 Å². The standard InChI is InChI=1S/C12H31N2O3Si.ClH/c1-13(2)9-11-14(3,4)10-8-12-18(15-5,16-6)17-7;/h8-12H2,1-7H3;1H/q+1;/p-1. The third-order valence-corrected chi connectivity index (χ3v) is 6.16. The van der Waals surface area contributed by atoms with Crippen LogP contribution < -0.4 is 12.4 Å². The Labute approximate surface area is 126 Å². The van der Waals surface area contributed by atoms with Crippen LogP contribution in [-0.4, -0.2) is 87.3 Å². The maximum atomic E-state index is 5.43. The van der Waals surface area contributed by atoms with Crippen LogP contribution in [0.1, 0.15) is 6.42 Å². The summed E-state index contributed by atoms with van der Waals surface area (Å²) in [5, 5.41) is 0. The van der Waals surface area contributed by atoms with Crippen molar-refractivity contribution in [1.82, 2.24) is 4.90 Å². The van der Waals surface area contributed by atoms with Crippen molar-refractivity contribution in [2.45, 2.75) is 12.5 Å². The van der Waals surface area contributed by atoms with Crippen molar-refractivity contribution in [3.63, 3.8) is 0 Å². The molecule has 0 radical (unpaired) electrons. The number of nitrogens with zero attached hydrogens (tertiary/aromatic N) is 2. The van der Waals surface area contributed by atoms with Crippen LogP contribution in [0.5, 0.6) is 0 Å². The number of likely N-dealkylation sites (N-methyl/N-ethyl adjacent to an activating group) is 2. The zero-order valence-corrected chi connectivity index (χ0v) is 15.3. The van der Waals surface area contributed by atoms with E-state index >= 15 is 0 Å². The molecule has 0 spiro atoms. The molecule has 0 aromatic rings. The van der Waals surface area contributed by atoms with E-state index in [0.29, 0.717) is 0 Å². The van der Waals surface area contributed by atoms with Gasteiger partial charge in [-0.1, -0.05) is 0 Å². The summed E-state index contributed by atoms with van der Waals surface area (Å²) >= 11 is 0. The Balaban J connectivity index is 0. The summed E-state index contributed by atoms with van der Waals surface area (Å²) in [6.45, 7) is 3.36. The average molecular weight is 315 g/mol. The number of hydrogen-bond donors (Lipinski definition) is 0. The Hall–Kier alpha value is 0.307. The van der Waals surface area contributed by atoms with Crippen molar-refractivity contribution in [3.05, 3.63) is 0 Å². The highest BCUT2D eigenvalue weighted by Gasteiger charge is 2.37. The summed E-state index contributed by atoms with van der Waals surface area (Å²) in [6, 6.07) is 0.875. The van der Waals surface area contributed by atoms with E-state index in [1.54, 1.807) is 21.3 Å². The van der Waals surface area contributed by atoms with Gasteiger partial charge in [-0.3, -0.25) is 0 Å².